The zero-order valence-corrected chi connectivity index (χ0v) is 7.95. The van der Waals surface area contributed by atoms with Gasteiger partial charge in [-0.3, -0.25) is 4.79 Å². The number of hydrogen-bond donors (Lipinski definition) is 1. The van der Waals surface area contributed by atoms with Gasteiger partial charge in [-0.05, 0) is 12.3 Å². The maximum atomic E-state index is 11.1. The van der Waals surface area contributed by atoms with Crippen LogP contribution in [0.25, 0.3) is 0 Å². The average molecular weight is 171 g/mol. The van der Waals surface area contributed by atoms with Crippen molar-refractivity contribution >= 4 is 5.91 Å². The van der Waals surface area contributed by atoms with Crippen LogP contribution in [0.2, 0.25) is 0 Å². The molecule has 1 heterocycles. The normalized spacial score (nSPS) is 30.4. The molecular formula is C9H17NO2. The Hall–Kier alpha value is -0.570. The zero-order valence-electron chi connectivity index (χ0n) is 7.95. The van der Waals surface area contributed by atoms with Crippen molar-refractivity contribution in [1.82, 2.24) is 4.90 Å². The van der Waals surface area contributed by atoms with Crippen LogP contribution in [-0.4, -0.2) is 35.1 Å². The Bertz CT molecular complexity index is 179. The Labute approximate surface area is 73.4 Å². The van der Waals surface area contributed by atoms with E-state index in [-0.39, 0.29) is 11.9 Å². The Morgan fingerprint density at radius 3 is 2.58 bits per heavy atom. The minimum absolute atomic E-state index is 0.0394. The average Bonchev–Trinajstić information content (AvgIpc) is 2.16. The van der Waals surface area contributed by atoms with Crippen LogP contribution >= 0.6 is 0 Å². The van der Waals surface area contributed by atoms with Gasteiger partial charge in [0.15, 0.2) is 0 Å². The molecule has 1 N–H and O–H groups in total. The van der Waals surface area contributed by atoms with E-state index in [0.717, 1.165) is 6.42 Å². The molecule has 1 saturated heterocycles. The number of aliphatic hydroxyl groups excluding tert-OH is 1. The largest absolute Gasteiger partial charge is 0.390 e. The molecule has 0 aromatic carbocycles. The minimum atomic E-state index is -0.454. The molecule has 0 aromatic heterocycles. The van der Waals surface area contributed by atoms with Crippen molar-refractivity contribution in [3.8, 4) is 0 Å². The van der Waals surface area contributed by atoms with Crippen LogP contribution in [-0.2, 0) is 4.79 Å². The SMILES string of the molecule is CC(C)C[C@H]1[C@@H](O)CC(=O)N1C. The molecule has 2 atom stereocenters. The lowest BCUT2D eigenvalue weighted by atomic mass is 10.0. The highest BCUT2D eigenvalue weighted by Gasteiger charge is 2.35. The number of likely N-dealkylation sites (tertiary alicyclic amines) is 1. The first-order valence-corrected chi connectivity index (χ1v) is 4.46. The smallest absolute Gasteiger partial charge is 0.225 e. The van der Waals surface area contributed by atoms with Crippen LogP contribution in [0.4, 0.5) is 0 Å². The van der Waals surface area contributed by atoms with E-state index in [1.807, 2.05) is 0 Å². The summed E-state index contributed by atoms with van der Waals surface area (Å²) < 4.78 is 0. The Morgan fingerprint density at radius 1 is 1.67 bits per heavy atom. The summed E-state index contributed by atoms with van der Waals surface area (Å²) in [6.07, 6.45) is 0.738. The van der Waals surface area contributed by atoms with Gasteiger partial charge in [0.05, 0.1) is 18.6 Å². The molecular weight excluding hydrogens is 154 g/mol. The van der Waals surface area contributed by atoms with Gasteiger partial charge < -0.3 is 10.0 Å². The van der Waals surface area contributed by atoms with E-state index in [9.17, 15) is 9.90 Å². The van der Waals surface area contributed by atoms with Gasteiger partial charge in [-0.1, -0.05) is 13.8 Å². The first-order chi connectivity index (χ1) is 5.52. The molecule has 3 nitrogen and oxygen atoms in total. The molecule has 1 aliphatic rings. The first-order valence-electron chi connectivity index (χ1n) is 4.46. The van der Waals surface area contributed by atoms with Crippen LogP contribution in [0.1, 0.15) is 26.7 Å². The van der Waals surface area contributed by atoms with E-state index in [0.29, 0.717) is 12.3 Å². The molecule has 1 aliphatic heterocycles. The molecule has 70 valence electrons. The van der Waals surface area contributed by atoms with Crippen LogP contribution < -0.4 is 0 Å². The van der Waals surface area contributed by atoms with Gasteiger partial charge in [0, 0.05) is 7.05 Å². The Kier molecular flexibility index (Phi) is 2.73. The second kappa shape index (κ2) is 3.44. The third kappa shape index (κ3) is 1.78. The summed E-state index contributed by atoms with van der Waals surface area (Å²) in [6, 6.07) is 0.0394. The van der Waals surface area contributed by atoms with Crippen molar-refractivity contribution in [2.75, 3.05) is 7.05 Å². The number of aliphatic hydroxyl groups is 1. The van der Waals surface area contributed by atoms with Crippen molar-refractivity contribution in [2.24, 2.45) is 5.92 Å². The Morgan fingerprint density at radius 2 is 2.25 bits per heavy atom. The van der Waals surface area contributed by atoms with Crippen molar-refractivity contribution in [3.05, 3.63) is 0 Å². The van der Waals surface area contributed by atoms with E-state index < -0.39 is 6.10 Å². The van der Waals surface area contributed by atoms with Gasteiger partial charge in [-0.2, -0.15) is 0 Å². The van der Waals surface area contributed by atoms with Crippen LogP contribution in [0.3, 0.4) is 0 Å². The lowest BCUT2D eigenvalue weighted by Crippen LogP contribution is -2.34. The summed E-state index contributed by atoms with van der Waals surface area (Å²) in [5.74, 6) is 0.589. The van der Waals surface area contributed by atoms with Crippen molar-refractivity contribution in [2.45, 2.75) is 38.8 Å². The molecule has 0 saturated carbocycles. The minimum Gasteiger partial charge on any atom is -0.390 e. The lowest BCUT2D eigenvalue weighted by Gasteiger charge is -2.23. The second-order valence-electron chi connectivity index (χ2n) is 3.97. The summed E-state index contributed by atoms with van der Waals surface area (Å²) >= 11 is 0. The van der Waals surface area contributed by atoms with Crippen LogP contribution in [0.5, 0.6) is 0 Å². The lowest BCUT2D eigenvalue weighted by molar-refractivity contribution is -0.127. The molecule has 0 bridgehead atoms. The maximum absolute atomic E-state index is 11.1. The fraction of sp³-hybridized carbons (Fsp3) is 0.889. The van der Waals surface area contributed by atoms with Crippen molar-refractivity contribution in [1.29, 1.82) is 0 Å². The number of hydrogen-bond acceptors (Lipinski definition) is 2. The molecule has 0 radical (unpaired) electrons. The molecule has 1 amide bonds. The Balaban J connectivity index is 2.57. The van der Waals surface area contributed by atoms with Gasteiger partial charge in [0.1, 0.15) is 0 Å². The molecule has 3 heteroatoms. The van der Waals surface area contributed by atoms with E-state index in [1.165, 1.54) is 0 Å². The highest BCUT2D eigenvalue weighted by atomic mass is 16.3. The topological polar surface area (TPSA) is 40.5 Å². The predicted molar refractivity (Wildman–Crippen MR) is 46.6 cm³/mol. The quantitative estimate of drug-likeness (QED) is 0.661. The zero-order chi connectivity index (χ0) is 9.30. The van der Waals surface area contributed by atoms with Crippen molar-refractivity contribution < 1.29 is 9.90 Å². The van der Waals surface area contributed by atoms with Crippen LogP contribution in [0, 0.1) is 5.92 Å². The van der Waals surface area contributed by atoms with Gasteiger partial charge in [-0.25, -0.2) is 0 Å². The first kappa shape index (κ1) is 9.52. The van der Waals surface area contributed by atoms with Gasteiger partial charge >= 0.3 is 0 Å². The molecule has 0 aromatic rings. The summed E-state index contributed by atoms with van der Waals surface area (Å²) in [5.41, 5.74) is 0. The van der Waals surface area contributed by atoms with Gasteiger partial charge in [0.2, 0.25) is 5.91 Å². The molecule has 0 aliphatic carbocycles. The molecule has 1 rings (SSSR count). The third-order valence-corrected chi connectivity index (χ3v) is 2.43. The summed E-state index contributed by atoms with van der Waals surface area (Å²) in [4.78, 5) is 12.8. The van der Waals surface area contributed by atoms with Crippen LogP contribution in [0.15, 0.2) is 0 Å². The summed E-state index contributed by atoms with van der Waals surface area (Å²) in [6.45, 7) is 4.20. The van der Waals surface area contributed by atoms with Crippen molar-refractivity contribution in [3.63, 3.8) is 0 Å². The fourth-order valence-corrected chi connectivity index (χ4v) is 1.70. The molecule has 0 unspecified atom stereocenters. The number of amides is 1. The van der Waals surface area contributed by atoms with E-state index in [2.05, 4.69) is 13.8 Å². The van der Waals surface area contributed by atoms with E-state index >= 15 is 0 Å². The van der Waals surface area contributed by atoms with Gasteiger partial charge in [0.25, 0.3) is 0 Å². The number of rotatable bonds is 2. The summed E-state index contributed by atoms with van der Waals surface area (Å²) in [7, 11) is 1.77. The maximum Gasteiger partial charge on any atom is 0.225 e. The predicted octanol–water partition coefficient (Wildman–Crippen LogP) is 0.624. The molecule has 1 fully saturated rings. The van der Waals surface area contributed by atoms with E-state index in [1.54, 1.807) is 11.9 Å². The fourth-order valence-electron chi connectivity index (χ4n) is 1.70. The monoisotopic (exact) mass is 171 g/mol. The summed E-state index contributed by atoms with van der Waals surface area (Å²) in [5, 5.41) is 9.52. The van der Waals surface area contributed by atoms with Gasteiger partial charge in [-0.15, -0.1) is 0 Å². The number of likely N-dealkylation sites (N-methyl/N-ethyl adjacent to an activating group) is 1. The number of nitrogens with zero attached hydrogens (tertiary/aromatic N) is 1. The highest BCUT2D eigenvalue weighted by Crippen LogP contribution is 2.22. The highest BCUT2D eigenvalue weighted by molar-refractivity contribution is 5.79. The number of carbonyl (C=O) groups is 1. The standard InChI is InChI=1S/C9H17NO2/c1-6(2)4-7-8(11)5-9(12)10(7)3/h6-8,11H,4-5H2,1-3H3/t7-,8-/m0/s1. The number of carbonyl (C=O) groups excluding carboxylic acids is 1. The molecule has 0 spiro atoms. The molecule has 12 heavy (non-hydrogen) atoms. The second-order valence-corrected chi connectivity index (χ2v) is 3.97. The van der Waals surface area contributed by atoms with E-state index in [4.69, 9.17) is 0 Å². The third-order valence-electron chi connectivity index (χ3n) is 2.43.